The molecule has 2 aromatic carbocycles. The number of hydrogen-bond acceptors (Lipinski definition) is 5. The van der Waals surface area contributed by atoms with Gasteiger partial charge >= 0.3 is 0 Å². The number of rotatable bonds is 5. The van der Waals surface area contributed by atoms with E-state index in [0.717, 1.165) is 59.2 Å². The number of H-pyrrole nitrogens is 2. The van der Waals surface area contributed by atoms with Crippen molar-refractivity contribution in [3.63, 3.8) is 0 Å². The Kier molecular flexibility index (Phi) is 5.72. The third-order valence-corrected chi connectivity index (χ3v) is 8.93. The smallest absolute Gasteiger partial charge is 0.142 e. The second-order valence-corrected chi connectivity index (χ2v) is 11.9. The van der Waals surface area contributed by atoms with Crippen molar-refractivity contribution in [3.8, 4) is 32.8 Å². The number of aromatic nitrogens is 4. The minimum absolute atomic E-state index is 0.337. The quantitative estimate of drug-likeness (QED) is 0.213. The zero-order chi connectivity index (χ0) is 24.9. The number of benzene rings is 2. The van der Waals surface area contributed by atoms with Gasteiger partial charge in [0, 0.05) is 4.88 Å². The van der Waals surface area contributed by atoms with E-state index in [1.54, 1.807) is 11.3 Å². The third-order valence-electron chi connectivity index (χ3n) is 7.85. The average Bonchev–Trinajstić information content (AvgIpc) is 3.72. The summed E-state index contributed by atoms with van der Waals surface area (Å²) in [4.78, 5) is 18.9. The maximum atomic E-state index is 4.89. The fraction of sp³-hybridized carbons (Fsp3) is 0.333. The first-order valence-corrected chi connectivity index (χ1v) is 14.1. The van der Waals surface area contributed by atoms with Crippen LogP contribution in [0.2, 0.25) is 0 Å². The molecule has 0 saturated carbocycles. The summed E-state index contributed by atoms with van der Waals surface area (Å²) in [6.45, 7) is 6.70. The number of hydrogen-bond donors (Lipinski definition) is 4. The van der Waals surface area contributed by atoms with Crippen molar-refractivity contribution in [3.05, 3.63) is 72.4 Å². The highest BCUT2D eigenvalue weighted by Crippen LogP contribution is 2.36. The Labute approximate surface area is 221 Å². The van der Waals surface area contributed by atoms with Crippen LogP contribution in [-0.4, -0.2) is 33.0 Å². The van der Waals surface area contributed by atoms with Crippen molar-refractivity contribution in [2.24, 2.45) is 11.8 Å². The van der Waals surface area contributed by atoms with E-state index in [-0.39, 0.29) is 0 Å². The molecular formula is C30H32N6S. The molecule has 5 aromatic rings. The highest BCUT2D eigenvalue weighted by atomic mass is 32.1. The van der Waals surface area contributed by atoms with Gasteiger partial charge in [0.25, 0.3) is 0 Å². The minimum Gasteiger partial charge on any atom is -0.341 e. The van der Waals surface area contributed by atoms with Crippen molar-refractivity contribution in [1.29, 1.82) is 0 Å². The molecule has 7 rings (SSSR count). The molecule has 2 aliphatic heterocycles. The maximum Gasteiger partial charge on any atom is 0.142 e. The van der Waals surface area contributed by atoms with Crippen molar-refractivity contribution in [2.45, 2.75) is 38.8 Å². The maximum absolute atomic E-state index is 4.89. The summed E-state index contributed by atoms with van der Waals surface area (Å²) in [5.41, 5.74) is 7.02. The lowest BCUT2D eigenvalue weighted by molar-refractivity contribution is 0.588. The highest BCUT2D eigenvalue weighted by molar-refractivity contribution is 7.21. The molecule has 2 fully saturated rings. The Morgan fingerprint density at radius 2 is 1.32 bits per heavy atom. The zero-order valence-electron chi connectivity index (χ0n) is 21.2. The van der Waals surface area contributed by atoms with Crippen molar-refractivity contribution < 1.29 is 0 Å². The molecule has 4 N–H and O–H groups in total. The molecule has 2 saturated heterocycles. The van der Waals surface area contributed by atoms with Crippen LogP contribution in [0, 0.1) is 11.8 Å². The molecule has 2 aliphatic rings. The summed E-state index contributed by atoms with van der Waals surface area (Å²) in [5.74, 6) is 3.53. The topological polar surface area (TPSA) is 81.4 Å². The molecular weight excluding hydrogens is 476 g/mol. The first-order chi connectivity index (χ1) is 18.1. The summed E-state index contributed by atoms with van der Waals surface area (Å²) in [6.07, 6.45) is 4.24. The minimum atomic E-state index is 0.337. The Morgan fingerprint density at radius 3 is 1.92 bits per heavy atom. The van der Waals surface area contributed by atoms with Crippen LogP contribution in [0.15, 0.2) is 60.8 Å². The van der Waals surface area contributed by atoms with E-state index in [1.807, 2.05) is 6.20 Å². The molecule has 6 nitrogen and oxygen atoms in total. The Balaban J connectivity index is 1.06. The molecule has 4 atom stereocenters. The van der Waals surface area contributed by atoms with Gasteiger partial charge in [-0.05, 0) is 66.1 Å². The number of thiophene rings is 1. The molecule has 0 radical (unpaired) electrons. The Morgan fingerprint density at radius 1 is 0.730 bits per heavy atom. The number of aromatic amines is 2. The monoisotopic (exact) mass is 508 g/mol. The fourth-order valence-electron chi connectivity index (χ4n) is 5.71. The standard InChI is InChI=1S/C30H32N6S/c1-17-11-23(31-14-17)28-33-16-26(35-28)21-7-3-19(4-8-21)20-5-9-22(10-6-20)27-13-25-30(37-27)36-29(34-25)24-12-18(2)15-32-24/h3-10,13,16-18,23-24,31-32H,11-12,14-15H2,1-2H3,(H,33,35)(H,34,36)/t17-,18-,23-,24?/m0/s1. The summed E-state index contributed by atoms with van der Waals surface area (Å²) in [6, 6.07) is 20.5. The number of nitrogens with one attached hydrogen (secondary N) is 4. The summed E-state index contributed by atoms with van der Waals surface area (Å²) in [5, 5.41) is 7.13. The van der Waals surface area contributed by atoms with E-state index in [9.17, 15) is 0 Å². The predicted octanol–water partition coefficient (Wildman–Crippen LogP) is 6.69. The average molecular weight is 509 g/mol. The first kappa shape index (κ1) is 22.9. The van der Waals surface area contributed by atoms with Crippen LogP contribution < -0.4 is 10.6 Å². The second-order valence-electron chi connectivity index (χ2n) is 10.9. The van der Waals surface area contributed by atoms with Gasteiger partial charge in [0.05, 0.1) is 29.5 Å². The van der Waals surface area contributed by atoms with Crippen LogP contribution >= 0.6 is 11.3 Å². The van der Waals surface area contributed by atoms with Gasteiger partial charge in [-0.15, -0.1) is 11.3 Å². The van der Waals surface area contributed by atoms with Gasteiger partial charge < -0.3 is 20.6 Å². The molecule has 0 aliphatic carbocycles. The molecule has 0 amide bonds. The number of nitrogens with zero attached hydrogens (tertiary/aromatic N) is 2. The van der Waals surface area contributed by atoms with Gasteiger partial charge in [-0.3, -0.25) is 0 Å². The lowest BCUT2D eigenvalue weighted by Gasteiger charge is -2.07. The van der Waals surface area contributed by atoms with Crippen LogP contribution in [0.3, 0.4) is 0 Å². The van der Waals surface area contributed by atoms with Gasteiger partial charge in [-0.2, -0.15) is 0 Å². The van der Waals surface area contributed by atoms with Crippen LogP contribution in [0.1, 0.15) is 50.4 Å². The lowest BCUT2D eigenvalue weighted by Crippen LogP contribution is -2.14. The first-order valence-electron chi connectivity index (χ1n) is 13.3. The van der Waals surface area contributed by atoms with E-state index in [4.69, 9.17) is 4.98 Å². The molecule has 5 heterocycles. The fourth-order valence-corrected chi connectivity index (χ4v) is 6.71. The molecule has 37 heavy (non-hydrogen) atoms. The lowest BCUT2D eigenvalue weighted by atomic mass is 10.0. The summed E-state index contributed by atoms with van der Waals surface area (Å²) >= 11 is 1.76. The van der Waals surface area contributed by atoms with Crippen LogP contribution in [0.25, 0.3) is 43.2 Å². The van der Waals surface area contributed by atoms with Gasteiger partial charge in [0.15, 0.2) is 0 Å². The molecule has 7 heteroatoms. The van der Waals surface area contributed by atoms with E-state index >= 15 is 0 Å². The molecule has 0 spiro atoms. The van der Waals surface area contributed by atoms with E-state index in [2.05, 4.69) is 94.0 Å². The van der Waals surface area contributed by atoms with Crippen molar-refractivity contribution >= 4 is 21.7 Å². The van der Waals surface area contributed by atoms with E-state index in [0.29, 0.717) is 23.9 Å². The Hall–Kier alpha value is -3.26. The van der Waals surface area contributed by atoms with Crippen LogP contribution in [0.4, 0.5) is 0 Å². The van der Waals surface area contributed by atoms with E-state index < -0.39 is 0 Å². The van der Waals surface area contributed by atoms with Crippen molar-refractivity contribution in [1.82, 2.24) is 30.6 Å². The van der Waals surface area contributed by atoms with Crippen LogP contribution in [0.5, 0.6) is 0 Å². The second kappa shape index (κ2) is 9.24. The Bertz CT molecular complexity index is 1500. The van der Waals surface area contributed by atoms with Gasteiger partial charge in [0.1, 0.15) is 16.5 Å². The summed E-state index contributed by atoms with van der Waals surface area (Å²) < 4.78 is 0. The van der Waals surface area contributed by atoms with Gasteiger partial charge in [0.2, 0.25) is 0 Å². The number of imidazole rings is 2. The number of fused-ring (bicyclic) bond motifs is 1. The van der Waals surface area contributed by atoms with E-state index in [1.165, 1.54) is 21.6 Å². The highest BCUT2D eigenvalue weighted by Gasteiger charge is 2.26. The molecule has 0 bridgehead atoms. The normalized spacial score (nSPS) is 23.8. The SMILES string of the molecule is C[C@@H]1CNC(c2nc3sc(-c4ccc(-c5ccc(-c6cnc([C@@H]7C[C@H](C)CN7)[nH]6)cc5)cc4)cc3[nH]2)C1. The van der Waals surface area contributed by atoms with Crippen LogP contribution in [-0.2, 0) is 0 Å². The molecule has 188 valence electrons. The predicted molar refractivity (Wildman–Crippen MR) is 151 cm³/mol. The largest absolute Gasteiger partial charge is 0.341 e. The summed E-state index contributed by atoms with van der Waals surface area (Å²) in [7, 11) is 0. The third kappa shape index (κ3) is 4.41. The molecule has 1 unspecified atom stereocenters. The zero-order valence-corrected chi connectivity index (χ0v) is 22.0. The van der Waals surface area contributed by atoms with Gasteiger partial charge in [-0.25, -0.2) is 9.97 Å². The van der Waals surface area contributed by atoms with Gasteiger partial charge in [-0.1, -0.05) is 62.4 Å². The van der Waals surface area contributed by atoms with Crippen molar-refractivity contribution in [2.75, 3.05) is 13.1 Å². The molecule has 3 aromatic heterocycles.